The SMILES string of the molecule is CC(CC(=O)O)n1nnnc1-c1ccc2c(c1)COC2. The highest BCUT2D eigenvalue weighted by atomic mass is 16.5. The Labute approximate surface area is 115 Å². The number of aliphatic carboxylic acids is 1. The summed E-state index contributed by atoms with van der Waals surface area (Å²) in [5, 5.41) is 20.4. The highest BCUT2D eigenvalue weighted by Crippen LogP contribution is 2.27. The average Bonchev–Trinajstić information content (AvgIpc) is 3.06. The summed E-state index contributed by atoms with van der Waals surface area (Å²) in [5.41, 5.74) is 3.17. The van der Waals surface area contributed by atoms with Crippen molar-refractivity contribution in [3.8, 4) is 11.4 Å². The van der Waals surface area contributed by atoms with Crippen molar-refractivity contribution < 1.29 is 14.6 Å². The molecular weight excluding hydrogens is 260 g/mol. The van der Waals surface area contributed by atoms with Crippen LogP contribution in [-0.4, -0.2) is 31.3 Å². The second kappa shape index (κ2) is 5.01. The first-order chi connectivity index (χ1) is 9.65. The van der Waals surface area contributed by atoms with Gasteiger partial charge in [0.25, 0.3) is 0 Å². The van der Waals surface area contributed by atoms with E-state index in [-0.39, 0.29) is 12.5 Å². The highest BCUT2D eigenvalue weighted by Gasteiger charge is 2.19. The lowest BCUT2D eigenvalue weighted by Gasteiger charge is -2.11. The molecule has 0 spiro atoms. The van der Waals surface area contributed by atoms with Crippen LogP contribution in [0.3, 0.4) is 0 Å². The first-order valence-corrected chi connectivity index (χ1v) is 6.34. The van der Waals surface area contributed by atoms with Crippen molar-refractivity contribution in [1.29, 1.82) is 0 Å². The van der Waals surface area contributed by atoms with Crippen LogP contribution in [0.2, 0.25) is 0 Å². The molecule has 0 radical (unpaired) electrons. The van der Waals surface area contributed by atoms with Crippen LogP contribution >= 0.6 is 0 Å². The van der Waals surface area contributed by atoms with E-state index in [2.05, 4.69) is 15.5 Å². The number of carboxylic acids is 1. The quantitative estimate of drug-likeness (QED) is 0.906. The maximum Gasteiger partial charge on any atom is 0.305 e. The number of carboxylic acid groups (broad SMARTS) is 1. The van der Waals surface area contributed by atoms with E-state index in [1.54, 1.807) is 11.6 Å². The van der Waals surface area contributed by atoms with Crippen LogP contribution in [0.25, 0.3) is 11.4 Å². The van der Waals surface area contributed by atoms with Crippen molar-refractivity contribution in [3.63, 3.8) is 0 Å². The maximum atomic E-state index is 10.8. The van der Waals surface area contributed by atoms with Gasteiger partial charge in [0.2, 0.25) is 0 Å². The molecule has 0 amide bonds. The summed E-state index contributed by atoms with van der Waals surface area (Å²) in [7, 11) is 0. The van der Waals surface area contributed by atoms with Gasteiger partial charge in [-0.1, -0.05) is 12.1 Å². The number of aromatic nitrogens is 4. The van der Waals surface area contributed by atoms with E-state index < -0.39 is 5.97 Å². The average molecular weight is 274 g/mol. The zero-order chi connectivity index (χ0) is 14.1. The summed E-state index contributed by atoms with van der Waals surface area (Å²) in [6.45, 7) is 3.01. The monoisotopic (exact) mass is 274 g/mol. The van der Waals surface area contributed by atoms with Gasteiger partial charge in [0, 0.05) is 5.56 Å². The zero-order valence-electron chi connectivity index (χ0n) is 11.0. The molecule has 104 valence electrons. The third-order valence-electron chi connectivity index (χ3n) is 3.36. The predicted molar refractivity (Wildman–Crippen MR) is 68.7 cm³/mol. The van der Waals surface area contributed by atoms with E-state index in [0.717, 1.165) is 11.1 Å². The van der Waals surface area contributed by atoms with Crippen molar-refractivity contribution in [2.24, 2.45) is 0 Å². The van der Waals surface area contributed by atoms with Gasteiger partial charge in [0.1, 0.15) is 0 Å². The minimum atomic E-state index is -0.874. The van der Waals surface area contributed by atoms with Gasteiger partial charge in [-0.25, -0.2) is 4.68 Å². The number of hydrogen-bond donors (Lipinski definition) is 1. The van der Waals surface area contributed by atoms with Crippen LogP contribution in [-0.2, 0) is 22.7 Å². The first-order valence-electron chi connectivity index (χ1n) is 6.34. The third-order valence-corrected chi connectivity index (χ3v) is 3.36. The molecule has 1 aliphatic heterocycles. The number of ether oxygens (including phenoxy) is 1. The summed E-state index contributed by atoms with van der Waals surface area (Å²) in [5.74, 6) is -0.297. The Morgan fingerprint density at radius 2 is 2.25 bits per heavy atom. The van der Waals surface area contributed by atoms with Crippen LogP contribution in [0.4, 0.5) is 0 Å². The number of rotatable bonds is 4. The highest BCUT2D eigenvalue weighted by molar-refractivity contribution is 5.67. The number of hydrogen-bond acceptors (Lipinski definition) is 5. The Balaban J connectivity index is 1.95. The Morgan fingerprint density at radius 1 is 1.45 bits per heavy atom. The third kappa shape index (κ3) is 2.27. The molecule has 1 aromatic heterocycles. The number of nitrogens with zero attached hydrogens (tertiary/aromatic N) is 4. The van der Waals surface area contributed by atoms with E-state index in [9.17, 15) is 4.79 Å². The summed E-state index contributed by atoms with van der Waals surface area (Å²) >= 11 is 0. The molecule has 1 unspecified atom stereocenters. The minimum Gasteiger partial charge on any atom is -0.481 e. The topological polar surface area (TPSA) is 90.1 Å². The maximum absolute atomic E-state index is 10.8. The zero-order valence-corrected chi connectivity index (χ0v) is 11.0. The molecule has 7 nitrogen and oxygen atoms in total. The van der Waals surface area contributed by atoms with Gasteiger partial charge in [-0.2, -0.15) is 0 Å². The van der Waals surface area contributed by atoms with E-state index >= 15 is 0 Å². The number of carbonyl (C=O) groups is 1. The molecule has 0 saturated heterocycles. The Kier molecular flexibility index (Phi) is 3.19. The fraction of sp³-hybridized carbons (Fsp3) is 0.385. The van der Waals surface area contributed by atoms with E-state index in [1.165, 1.54) is 5.56 Å². The molecule has 0 bridgehead atoms. The number of fused-ring (bicyclic) bond motifs is 1. The van der Waals surface area contributed by atoms with Gasteiger partial charge < -0.3 is 9.84 Å². The van der Waals surface area contributed by atoms with Crippen molar-refractivity contribution in [2.45, 2.75) is 32.6 Å². The summed E-state index contributed by atoms with van der Waals surface area (Å²) < 4.78 is 6.93. The molecular formula is C13H14N4O3. The number of tetrazole rings is 1. The van der Waals surface area contributed by atoms with Crippen molar-refractivity contribution in [3.05, 3.63) is 29.3 Å². The summed E-state index contributed by atoms with van der Waals surface area (Å²) in [6.07, 6.45) is -0.0217. The molecule has 1 aliphatic rings. The molecule has 3 rings (SSSR count). The summed E-state index contributed by atoms with van der Waals surface area (Å²) in [6, 6.07) is 5.63. The second-order valence-corrected chi connectivity index (χ2v) is 4.87. The molecule has 0 aliphatic carbocycles. The van der Waals surface area contributed by atoms with Gasteiger partial charge in [-0.3, -0.25) is 4.79 Å². The van der Waals surface area contributed by atoms with Crippen LogP contribution in [0.1, 0.15) is 30.5 Å². The Morgan fingerprint density at radius 3 is 3.05 bits per heavy atom. The lowest BCUT2D eigenvalue weighted by molar-refractivity contribution is -0.137. The van der Waals surface area contributed by atoms with Crippen molar-refractivity contribution in [2.75, 3.05) is 0 Å². The lowest BCUT2D eigenvalue weighted by Crippen LogP contribution is -2.13. The van der Waals surface area contributed by atoms with Crippen LogP contribution in [0.15, 0.2) is 18.2 Å². The van der Waals surface area contributed by atoms with E-state index in [1.807, 2.05) is 18.2 Å². The van der Waals surface area contributed by atoms with Crippen molar-refractivity contribution in [1.82, 2.24) is 20.2 Å². The van der Waals surface area contributed by atoms with Crippen LogP contribution < -0.4 is 0 Å². The molecule has 1 atom stereocenters. The molecule has 0 fully saturated rings. The normalized spacial score (nSPS) is 15.1. The minimum absolute atomic E-state index is 0.0217. The fourth-order valence-electron chi connectivity index (χ4n) is 2.33. The van der Waals surface area contributed by atoms with Gasteiger partial charge in [-0.05, 0) is 34.5 Å². The molecule has 20 heavy (non-hydrogen) atoms. The Bertz CT molecular complexity index is 653. The molecule has 1 aromatic carbocycles. The smallest absolute Gasteiger partial charge is 0.305 e. The molecule has 2 heterocycles. The van der Waals surface area contributed by atoms with Crippen LogP contribution in [0, 0.1) is 0 Å². The predicted octanol–water partition coefficient (Wildman–Crippen LogP) is 1.41. The first kappa shape index (κ1) is 12.7. The molecule has 7 heteroatoms. The van der Waals surface area contributed by atoms with E-state index in [0.29, 0.717) is 19.0 Å². The summed E-state index contributed by atoms with van der Waals surface area (Å²) in [4.78, 5) is 10.8. The van der Waals surface area contributed by atoms with Gasteiger partial charge in [-0.15, -0.1) is 5.10 Å². The lowest BCUT2D eigenvalue weighted by atomic mass is 10.1. The molecule has 2 aromatic rings. The molecule has 0 saturated carbocycles. The second-order valence-electron chi connectivity index (χ2n) is 4.87. The van der Waals surface area contributed by atoms with Gasteiger partial charge in [0.15, 0.2) is 5.82 Å². The van der Waals surface area contributed by atoms with Gasteiger partial charge in [0.05, 0.1) is 25.7 Å². The van der Waals surface area contributed by atoms with Gasteiger partial charge >= 0.3 is 5.97 Å². The largest absolute Gasteiger partial charge is 0.481 e. The van der Waals surface area contributed by atoms with E-state index in [4.69, 9.17) is 9.84 Å². The molecule has 1 N–H and O–H groups in total. The van der Waals surface area contributed by atoms with Crippen molar-refractivity contribution >= 4 is 5.97 Å². The Hall–Kier alpha value is -2.28. The van der Waals surface area contributed by atoms with Crippen LogP contribution in [0.5, 0.6) is 0 Å². The standard InChI is InChI=1S/C13H14N4O3/c1-8(4-12(18)19)17-13(14-15-16-17)9-2-3-10-6-20-7-11(10)5-9/h2-3,5,8H,4,6-7H2,1H3,(H,18,19). The fourth-order valence-corrected chi connectivity index (χ4v) is 2.33. The number of benzene rings is 1.